The molecule has 2 aromatic carbocycles. The fourth-order valence-electron chi connectivity index (χ4n) is 2.94. The number of phenols is 1. The van der Waals surface area contributed by atoms with Gasteiger partial charge < -0.3 is 14.7 Å². The van der Waals surface area contributed by atoms with E-state index in [2.05, 4.69) is 15.9 Å². The van der Waals surface area contributed by atoms with E-state index in [1.807, 2.05) is 12.1 Å². The van der Waals surface area contributed by atoms with Crippen molar-refractivity contribution < 1.29 is 14.6 Å². The maximum atomic E-state index is 13.1. The summed E-state index contributed by atoms with van der Waals surface area (Å²) < 4.78 is 6.48. The van der Waals surface area contributed by atoms with Crippen LogP contribution in [0.25, 0.3) is 0 Å². The maximum Gasteiger partial charge on any atom is 0.255 e. The van der Waals surface area contributed by atoms with E-state index < -0.39 is 0 Å². The number of carbonyl (C=O) groups excluding carboxylic acids is 1. The first-order chi connectivity index (χ1) is 12.0. The second-order valence-corrected chi connectivity index (χ2v) is 7.40. The number of benzene rings is 2. The van der Waals surface area contributed by atoms with Gasteiger partial charge in [-0.1, -0.05) is 45.7 Å². The van der Waals surface area contributed by atoms with Crippen LogP contribution in [-0.4, -0.2) is 35.2 Å². The van der Waals surface area contributed by atoms with Gasteiger partial charge in [0.1, 0.15) is 5.75 Å². The molecule has 1 aliphatic heterocycles. The molecule has 1 unspecified atom stereocenters. The van der Waals surface area contributed by atoms with Gasteiger partial charge in [0.05, 0.1) is 16.7 Å². The predicted octanol–water partition coefficient (Wildman–Crippen LogP) is 4.63. The summed E-state index contributed by atoms with van der Waals surface area (Å²) in [6.07, 6.45) is 1.94. The van der Waals surface area contributed by atoms with Crippen LogP contribution in [0, 0.1) is 0 Å². The summed E-state index contributed by atoms with van der Waals surface area (Å²) in [5, 5.41) is 10.5. The Morgan fingerprint density at radius 2 is 2.12 bits per heavy atom. The summed E-state index contributed by atoms with van der Waals surface area (Å²) in [5.41, 5.74) is 1.13. The Bertz CT molecular complexity index is 762. The number of halogens is 2. The van der Waals surface area contributed by atoms with Gasteiger partial charge >= 0.3 is 0 Å². The highest BCUT2D eigenvalue weighted by molar-refractivity contribution is 9.10. The van der Waals surface area contributed by atoms with Gasteiger partial charge in [-0.15, -0.1) is 0 Å². The van der Waals surface area contributed by atoms with Crippen molar-refractivity contribution in [1.82, 2.24) is 4.90 Å². The summed E-state index contributed by atoms with van der Waals surface area (Å²) in [6, 6.07) is 12.3. The Morgan fingerprint density at radius 3 is 2.84 bits per heavy atom. The van der Waals surface area contributed by atoms with Crippen LogP contribution in [0.5, 0.6) is 5.75 Å². The van der Waals surface area contributed by atoms with Crippen LogP contribution in [-0.2, 0) is 11.3 Å². The lowest BCUT2D eigenvalue weighted by Gasteiger charge is -2.26. The van der Waals surface area contributed by atoms with Crippen molar-refractivity contribution in [3.05, 3.63) is 63.1 Å². The van der Waals surface area contributed by atoms with Crippen molar-refractivity contribution in [2.75, 3.05) is 13.2 Å². The highest BCUT2D eigenvalue weighted by Crippen LogP contribution is 2.26. The van der Waals surface area contributed by atoms with Crippen LogP contribution in [0.1, 0.15) is 28.8 Å². The normalized spacial score (nSPS) is 16.8. The first-order valence-corrected chi connectivity index (χ1v) is 9.34. The smallest absolute Gasteiger partial charge is 0.255 e. The highest BCUT2D eigenvalue weighted by atomic mass is 79.9. The third-order valence-electron chi connectivity index (χ3n) is 4.25. The lowest BCUT2D eigenvalue weighted by Crippen LogP contribution is -2.37. The number of carbonyl (C=O) groups is 1. The van der Waals surface area contributed by atoms with E-state index in [-0.39, 0.29) is 17.8 Å². The van der Waals surface area contributed by atoms with Crippen molar-refractivity contribution in [2.24, 2.45) is 0 Å². The molecule has 0 aliphatic carbocycles. The Kier molecular flexibility index (Phi) is 5.99. The van der Waals surface area contributed by atoms with Crippen LogP contribution in [0.4, 0.5) is 0 Å². The van der Waals surface area contributed by atoms with E-state index in [4.69, 9.17) is 16.3 Å². The average molecular weight is 425 g/mol. The van der Waals surface area contributed by atoms with E-state index in [1.54, 1.807) is 35.2 Å². The standard InChI is InChI=1S/C19H19BrClNO3/c20-14-7-8-17(21)16(10-14)19(24)22(12-15-5-3-9-25-15)11-13-4-1-2-6-18(13)23/h1-2,4,6-8,10,15,23H,3,5,9,11-12H2. The van der Waals surface area contributed by atoms with Gasteiger partial charge in [0, 0.05) is 29.7 Å². The number of phenolic OH excluding ortho intramolecular Hbond substituents is 1. The SMILES string of the molecule is O=C(c1cc(Br)ccc1Cl)N(Cc1ccccc1O)CC1CCCO1. The summed E-state index contributed by atoms with van der Waals surface area (Å²) >= 11 is 9.62. The van der Waals surface area contributed by atoms with Gasteiger partial charge in [-0.25, -0.2) is 0 Å². The van der Waals surface area contributed by atoms with E-state index in [9.17, 15) is 9.90 Å². The molecule has 1 amide bonds. The highest BCUT2D eigenvalue weighted by Gasteiger charge is 2.25. The van der Waals surface area contributed by atoms with Crippen molar-refractivity contribution in [2.45, 2.75) is 25.5 Å². The summed E-state index contributed by atoms with van der Waals surface area (Å²) in [7, 11) is 0. The van der Waals surface area contributed by atoms with Crippen LogP contribution < -0.4 is 0 Å². The lowest BCUT2D eigenvalue weighted by atomic mass is 10.1. The Hall–Kier alpha value is -1.56. The number of amides is 1. The molecule has 1 fully saturated rings. The number of hydrogen-bond acceptors (Lipinski definition) is 3. The topological polar surface area (TPSA) is 49.8 Å². The molecule has 132 valence electrons. The molecule has 1 atom stereocenters. The summed E-state index contributed by atoms with van der Waals surface area (Å²) in [4.78, 5) is 14.8. The van der Waals surface area contributed by atoms with Gasteiger partial charge in [0.2, 0.25) is 0 Å². The third-order valence-corrected chi connectivity index (χ3v) is 5.07. The van der Waals surface area contributed by atoms with Crippen LogP contribution in [0.3, 0.4) is 0 Å². The van der Waals surface area contributed by atoms with Crippen molar-refractivity contribution >= 4 is 33.4 Å². The molecule has 1 saturated heterocycles. The second-order valence-electron chi connectivity index (χ2n) is 6.07. The van der Waals surface area contributed by atoms with Crippen LogP contribution in [0.2, 0.25) is 5.02 Å². The van der Waals surface area contributed by atoms with Crippen molar-refractivity contribution in [3.8, 4) is 5.75 Å². The van der Waals surface area contributed by atoms with Gasteiger partial charge in [0.25, 0.3) is 5.91 Å². The average Bonchev–Trinajstić information content (AvgIpc) is 3.11. The fourth-order valence-corrected chi connectivity index (χ4v) is 3.49. The third kappa shape index (κ3) is 4.54. The van der Waals surface area contributed by atoms with Crippen LogP contribution >= 0.6 is 27.5 Å². The summed E-state index contributed by atoms with van der Waals surface area (Å²) in [5.74, 6) is -0.00182. The van der Waals surface area contributed by atoms with Gasteiger partial charge in [-0.3, -0.25) is 4.79 Å². The Morgan fingerprint density at radius 1 is 1.32 bits per heavy atom. The van der Waals surface area contributed by atoms with Gasteiger partial charge in [-0.05, 0) is 37.1 Å². The number of ether oxygens (including phenoxy) is 1. The van der Waals surface area contributed by atoms with E-state index in [1.165, 1.54) is 0 Å². The molecule has 4 nitrogen and oxygen atoms in total. The lowest BCUT2D eigenvalue weighted by molar-refractivity contribution is 0.0506. The fraction of sp³-hybridized carbons (Fsp3) is 0.316. The van der Waals surface area contributed by atoms with Crippen molar-refractivity contribution in [1.29, 1.82) is 0 Å². The van der Waals surface area contributed by atoms with E-state index in [0.717, 1.165) is 23.9 Å². The number of hydrogen-bond donors (Lipinski definition) is 1. The minimum atomic E-state index is -0.176. The molecule has 0 saturated carbocycles. The molecule has 1 heterocycles. The van der Waals surface area contributed by atoms with Crippen molar-refractivity contribution in [3.63, 3.8) is 0 Å². The molecular formula is C19H19BrClNO3. The molecule has 0 radical (unpaired) electrons. The summed E-state index contributed by atoms with van der Waals surface area (Å²) in [6.45, 7) is 1.49. The second kappa shape index (κ2) is 8.21. The Labute approximate surface area is 160 Å². The van der Waals surface area contributed by atoms with E-state index >= 15 is 0 Å². The van der Waals surface area contributed by atoms with Crippen LogP contribution in [0.15, 0.2) is 46.9 Å². The van der Waals surface area contributed by atoms with E-state index in [0.29, 0.717) is 29.2 Å². The molecule has 0 spiro atoms. The zero-order chi connectivity index (χ0) is 17.8. The Balaban J connectivity index is 1.88. The number of nitrogens with zero attached hydrogens (tertiary/aromatic N) is 1. The molecule has 0 bridgehead atoms. The van der Waals surface area contributed by atoms with Gasteiger partial charge in [-0.2, -0.15) is 0 Å². The zero-order valence-electron chi connectivity index (χ0n) is 13.6. The maximum absolute atomic E-state index is 13.1. The number of aromatic hydroxyl groups is 1. The molecule has 6 heteroatoms. The number of para-hydroxylation sites is 1. The first kappa shape index (κ1) is 18.2. The molecule has 2 aromatic rings. The predicted molar refractivity (Wildman–Crippen MR) is 101 cm³/mol. The molecule has 0 aromatic heterocycles. The molecule has 25 heavy (non-hydrogen) atoms. The number of rotatable bonds is 5. The monoisotopic (exact) mass is 423 g/mol. The molecule has 1 N–H and O–H groups in total. The first-order valence-electron chi connectivity index (χ1n) is 8.17. The molecule has 1 aliphatic rings. The zero-order valence-corrected chi connectivity index (χ0v) is 16.0. The minimum absolute atomic E-state index is 0.0146. The molecule has 3 rings (SSSR count). The van der Waals surface area contributed by atoms with Gasteiger partial charge in [0.15, 0.2) is 0 Å². The minimum Gasteiger partial charge on any atom is -0.508 e. The largest absolute Gasteiger partial charge is 0.508 e. The molecular weight excluding hydrogens is 406 g/mol. The quantitative estimate of drug-likeness (QED) is 0.761.